The second kappa shape index (κ2) is 4.73. The van der Waals surface area contributed by atoms with Crippen LogP contribution in [0.1, 0.15) is 6.92 Å². The van der Waals surface area contributed by atoms with Crippen LogP contribution < -0.4 is 0 Å². The molecule has 0 rings (SSSR count). The molecular formula is C6H15NO2. The molecule has 0 aliphatic heterocycles. The van der Waals surface area contributed by atoms with E-state index >= 15 is 0 Å². The zero-order chi connectivity index (χ0) is 7.28. The Kier molecular flexibility index (Phi) is 4.67. The van der Waals surface area contributed by atoms with Crippen LogP contribution in [-0.4, -0.2) is 43.5 Å². The Bertz CT molecular complexity index is 66.1. The first-order valence-corrected chi connectivity index (χ1v) is 3.07. The Hall–Kier alpha value is -0.120. The first-order valence-electron chi connectivity index (χ1n) is 3.07. The highest BCUT2D eigenvalue weighted by Gasteiger charge is 2.01. The maximum Gasteiger partial charge on any atom is 0.107 e. The molecule has 0 aliphatic carbocycles. The van der Waals surface area contributed by atoms with Gasteiger partial charge in [0.15, 0.2) is 0 Å². The predicted molar refractivity (Wildman–Crippen MR) is 36.2 cm³/mol. The van der Waals surface area contributed by atoms with E-state index in [-0.39, 0.29) is 12.8 Å². The summed E-state index contributed by atoms with van der Waals surface area (Å²) in [6.45, 7) is 2.45. The highest BCUT2D eigenvalue weighted by molar-refractivity contribution is 4.42. The maximum absolute atomic E-state index is 8.35. The average molecular weight is 133 g/mol. The van der Waals surface area contributed by atoms with Gasteiger partial charge in [0, 0.05) is 0 Å². The molecule has 0 spiro atoms. The standard InChI is InChI=1S/C6H15NO2/c1-6(7(2)3)9-5-4-8/h6,8H,4-5H2,1-3H3. The molecule has 0 amide bonds. The van der Waals surface area contributed by atoms with Crippen LogP contribution in [0, 0.1) is 0 Å². The zero-order valence-corrected chi connectivity index (χ0v) is 6.29. The molecule has 3 heteroatoms. The lowest BCUT2D eigenvalue weighted by atomic mass is 10.6. The van der Waals surface area contributed by atoms with Crippen molar-refractivity contribution in [2.75, 3.05) is 27.3 Å². The van der Waals surface area contributed by atoms with Crippen LogP contribution in [0.25, 0.3) is 0 Å². The summed E-state index contributed by atoms with van der Waals surface area (Å²) < 4.78 is 5.13. The fourth-order valence-corrected chi connectivity index (χ4v) is 0.372. The number of aliphatic hydroxyl groups is 1. The number of hydrogen-bond donors (Lipinski definition) is 1. The van der Waals surface area contributed by atoms with Gasteiger partial charge in [-0.05, 0) is 21.0 Å². The van der Waals surface area contributed by atoms with Crippen LogP contribution in [-0.2, 0) is 4.74 Å². The van der Waals surface area contributed by atoms with Crippen LogP contribution in [0.15, 0.2) is 0 Å². The Labute approximate surface area is 56.2 Å². The van der Waals surface area contributed by atoms with Gasteiger partial charge in [0.1, 0.15) is 6.23 Å². The van der Waals surface area contributed by atoms with E-state index in [0.29, 0.717) is 6.61 Å². The van der Waals surface area contributed by atoms with Gasteiger partial charge in [0.2, 0.25) is 0 Å². The molecule has 0 saturated heterocycles. The third-order valence-corrected chi connectivity index (χ3v) is 1.18. The molecule has 0 aromatic rings. The van der Waals surface area contributed by atoms with Crippen molar-refractivity contribution in [2.24, 2.45) is 0 Å². The molecule has 0 aromatic carbocycles. The minimum atomic E-state index is 0.0946. The molecule has 0 aliphatic rings. The van der Waals surface area contributed by atoms with E-state index in [0.717, 1.165) is 0 Å². The zero-order valence-electron chi connectivity index (χ0n) is 6.29. The van der Waals surface area contributed by atoms with E-state index < -0.39 is 0 Å². The molecule has 0 aromatic heterocycles. The monoisotopic (exact) mass is 133 g/mol. The van der Waals surface area contributed by atoms with Gasteiger partial charge in [-0.25, -0.2) is 0 Å². The molecule has 0 heterocycles. The fraction of sp³-hybridized carbons (Fsp3) is 1.00. The molecule has 1 atom stereocenters. The van der Waals surface area contributed by atoms with E-state index in [2.05, 4.69) is 0 Å². The van der Waals surface area contributed by atoms with Gasteiger partial charge in [-0.1, -0.05) is 0 Å². The summed E-state index contributed by atoms with van der Waals surface area (Å²) in [5.74, 6) is 0. The van der Waals surface area contributed by atoms with Gasteiger partial charge in [0.05, 0.1) is 13.2 Å². The molecule has 3 nitrogen and oxygen atoms in total. The van der Waals surface area contributed by atoms with Crippen molar-refractivity contribution in [3.8, 4) is 0 Å². The summed E-state index contributed by atoms with van der Waals surface area (Å²) in [4.78, 5) is 1.94. The molecule has 1 N–H and O–H groups in total. The van der Waals surface area contributed by atoms with Crippen LogP contribution >= 0.6 is 0 Å². The molecular weight excluding hydrogens is 118 g/mol. The second-order valence-electron chi connectivity index (χ2n) is 2.16. The van der Waals surface area contributed by atoms with Gasteiger partial charge in [0.25, 0.3) is 0 Å². The molecule has 1 unspecified atom stereocenters. The van der Waals surface area contributed by atoms with Crippen LogP contribution in [0.2, 0.25) is 0 Å². The number of aliphatic hydroxyl groups excluding tert-OH is 1. The fourth-order valence-electron chi connectivity index (χ4n) is 0.372. The number of ether oxygens (including phenoxy) is 1. The Balaban J connectivity index is 3.16. The molecule has 56 valence electrons. The average Bonchev–Trinajstić information content (AvgIpc) is 1.82. The van der Waals surface area contributed by atoms with Gasteiger partial charge in [-0.15, -0.1) is 0 Å². The summed E-state index contributed by atoms with van der Waals surface area (Å²) in [6, 6.07) is 0. The molecule has 9 heavy (non-hydrogen) atoms. The van der Waals surface area contributed by atoms with Crippen molar-refractivity contribution >= 4 is 0 Å². The first-order chi connectivity index (χ1) is 4.18. The van der Waals surface area contributed by atoms with Crippen molar-refractivity contribution in [3.05, 3.63) is 0 Å². The normalized spacial score (nSPS) is 14.3. The Morgan fingerprint density at radius 3 is 2.44 bits per heavy atom. The third-order valence-electron chi connectivity index (χ3n) is 1.18. The minimum Gasteiger partial charge on any atom is -0.394 e. The summed E-state index contributed by atoms with van der Waals surface area (Å²) in [5.41, 5.74) is 0. The van der Waals surface area contributed by atoms with Crippen LogP contribution in [0.4, 0.5) is 0 Å². The number of rotatable bonds is 4. The lowest BCUT2D eigenvalue weighted by Gasteiger charge is -2.19. The van der Waals surface area contributed by atoms with Crippen molar-refractivity contribution < 1.29 is 9.84 Å². The summed E-state index contributed by atoms with van der Waals surface area (Å²) in [7, 11) is 3.87. The topological polar surface area (TPSA) is 32.7 Å². The largest absolute Gasteiger partial charge is 0.394 e. The number of nitrogens with zero attached hydrogens (tertiary/aromatic N) is 1. The van der Waals surface area contributed by atoms with Crippen LogP contribution in [0.3, 0.4) is 0 Å². The quantitative estimate of drug-likeness (QED) is 0.544. The lowest BCUT2D eigenvalue weighted by molar-refractivity contribution is -0.0358. The van der Waals surface area contributed by atoms with Gasteiger partial charge < -0.3 is 9.84 Å². The van der Waals surface area contributed by atoms with Crippen molar-refractivity contribution in [1.29, 1.82) is 0 Å². The molecule has 0 saturated carbocycles. The van der Waals surface area contributed by atoms with Crippen molar-refractivity contribution in [1.82, 2.24) is 4.90 Å². The first kappa shape index (κ1) is 8.88. The minimum absolute atomic E-state index is 0.0946. The molecule has 0 radical (unpaired) electrons. The second-order valence-corrected chi connectivity index (χ2v) is 2.16. The third kappa shape index (κ3) is 4.39. The highest BCUT2D eigenvalue weighted by Crippen LogP contribution is 1.91. The van der Waals surface area contributed by atoms with Crippen LogP contribution in [0.5, 0.6) is 0 Å². The van der Waals surface area contributed by atoms with Gasteiger partial charge >= 0.3 is 0 Å². The van der Waals surface area contributed by atoms with E-state index in [4.69, 9.17) is 9.84 Å². The summed E-state index contributed by atoms with van der Waals surface area (Å²) in [5, 5.41) is 8.35. The highest BCUT2D eigenvalue weighted by atomic mass is 16.5. The van der Waals surface area contributed by atoms with E-state index in [1.54, 1.807) is 0 Å². The predicted octanol–water partition coefficient (Wildman–Crippen LogP) is -0.0971. The molecule has 0 fully saturated rings. The Morgan fingerprint density at radius 2 is 2.11 bits per heavy atom. The maximum atomic E-state index is 8.35. The smallest absolute Gasteiger partial charge is 0.107 e. The number of hydrogen-bond acceptors (Lipinski definition) is 3. The summed E-state index contributed by atoms with van der Waals surface area (Å²) >= 11 is 0. The summed E-state index contributed by atoms with van der Waals surface area (Å²) in [6.07, 6.45) is 0.0946. The van der Waals surface area contributed by atoms with Gasteiger partial charge in [-0.2, -0.15) is 0 Å². The lowest BCUT2D eigenvalue weighted by Crippen LogP contribution is -2.28. The molecule has 0 bridgehead atoms. The van der Waals surface area contributed by atoms with Crippen molar-refractivity contribution in [2.45, 2.75) is 13.2 Å². The Morgan fingerprint density at radius 1 is 1.56 bits per heavy atom. The van der Waals surface area contributed by atoms with E-state index in [1.165, 1.54) is 0 Å². The SMILES string of the molecule is CC(OCCO)N(C)C. The van der Waals surface area contributed by atoms with E-state index in [1.807, 2.05) is 25.9 Å². The van der Waals surface area contributed by atoms with Gasteiger partial charge in [-0.3, -0.25) is 4.90 Å². The van der Waals surface area contributed by atoms with Crippen molar-refractivity contribution in [3.63, 3.8) is 0 Å². The van der Waals surface area contributed by atoms with E-state index in [9.17, 15) is 0 Å².